The fourth-order valence-corrected chi connectivity index (χ4v) is 4.80. The molecule has 0 aliphatic rings. The smallest absolute Gasteiger partial charge is 0.233 e. The van der Waals surface area contributed by atoms with E-state index < -0.39 is 0 Å². The molecular weight excluding hydrogens is 421 g/mol. The minimum atomic E-state index is 0.512. The van der Waals surface area contributed by atoms with Crippen LogP contribution in [0.25, 0.3) is 11.4 Å². The van der Waals surface area contributed by atoms with Gasteiger partial charge in [0.2, 0.25) is 11.7 Å². The lowest BCUT2D eigenvalue weighted by Crippen LogP contribution is -1.89. The highest BCUT2D eigenvalue weighted by Crippen LogP contribution is 2.30. The Balaban J connectivity index is 1.39. The maximum absolute atomic E-state index is 6.22. The highest BCUT2D eigenvalue weighted by atomic mass is 35.5. The summed E-state index contributed by atoms with van der Waals surface area (Å²) in [6.07, 6.45) is 0.512. The van der Waals surface area contributed by atoms with Gasteiger partial charge in [-0.05, 0) is 17.7 Å². The Labute approximate surface area is 174 Å². The summed E-state index contributed by atoms with van der Waals surface area (Å²) in [6.45, 7) is 0. The van der Waals surface area contributed by atoms with Crippen LogP contribution >= 0.6 is 46.3 Å². The number of aromatic nitrogens is 3. The van der Waals surface area contributed by atoms with Crippen LogP contribution in [0.2, 0.25) is 10.0 Å². The third kappa shape index (κ3) is 4.71. The van der Waals surface area contributed by atoms with Crippen molar-refractivity contribution in [1.82, 2.24) is 15.1 Å². The van der Waals surface area contributed by atoms with Crippen molar-refractivity contribution in [2.75, 3.05) is 0 Å². The van der Waals surface area contributed by atoms with E-state index >= 15 is 0 Å². The monoisotopic (exact) mass is 433 g/mol. The molecule has 0 aliphatic heterocycles. The predicted octanol–water partition coefficient (Wildman–Crippen LogP) is 6.38. The van der Waals surface area contributed by atoms with Gasteiger partial charge in [-0.3, -0.25) is 0 Å². The largest absolute Gasteiger partial charge is 0.339 e. The molecule has 2 aromatic carbocycles. The van der Waals surface area contributed by atoms with E-state index in [2.05, 4.69) is 15.1 Å². The van der Waals surface area contributed by atoms with Gasteiger partial charge in [0.25, 0.3) is 0 Å². The molecule has 0 saturated heterocycles. The van der Waals surface area contributed by atoms with E-state index in [1.54, 1.807) is 29.2 Å². The van der Waals surface area contributed by atoms with Crippen molar-refractivity contribution in [3.63, 3.8) is 0 Å². The quantitative estimate of drug-likeness (QED) is 0.330. The van der Waals surface area contributed by atoms with Crippen molar-refractivity contribution in [2.24, 2.45) is 0 Å². The number of halogens is 2. The van der Waals surface area contributed by atoms with Gasteiger partial charge in [-0.25, -0.2) is 4.98 Å². The summed E-state index contributed by atoms with van der Waals surface area (Å²) in [6, 6.07) is 15.3. The molecule has 0 atom stereocenters. The Bertz CT molecular complexity index is 1050. The summed E-state index contributed by atoms with van der Waals surface area (Å²) in [5, 5.41) is 7.36. The van der Waals surface area contributed by atoms with E-state index in [1.807, 2.05) is 47.8 Å². The van der Waals surface area contributed by atoms with E-state index in [-0.39, 0.29) is 0 Å². The maximum Gasteiger partial charge on any atom is 0.233 e. The van der Waals surface area contributed by atoms with Crippen LogP contribution in [0.15, 0.2) is 62.8 Å². The van der Waals surface area contributed by atoms with E-state index in [4.69, 9.17) is 27.7 Å². The molecular formula is C19H13Cl2N3OS2. The molecule has 8 heteroatoms. The van der Waals surface area contributed by atoms with Crippen LogP contribution in [0.5, 0.6) is 0 Å². The molecule has 0 radical (unpaired) electrons. The van der Waals surface area contributed by atoms with Gasteiger partial charge in [-0.2, -0.15) is 4.98 Å². The zero-order valence-corrected chi connectivity index (χ0v) is 17.1. The molecule has 0 unspecified atom stereocenters. The van der Waals surface area contributed by atoms with Crippen LogP contribution in [0.4, 0.5) is 0 Å². The number of hydrogen-bond donors (Lipinski definition) is 0. The highest BCUT2D eigenvalue weighted by Gasteiger charge is 2.12. The molecule has 0 bridgehead atoms. The van der Waals surface area contributed by atoms with Crippen LogP contribution in [0.3, 0.4) is 0 Å². The summed E-state index contributed by atoms with van der Waals surface area (Å²) >= 11 is 15.4. The van der Waals surface area contributed by atoms with E-state index in [0.29, 0.717) is 28.2 Å². The second kappa shape index (κ2) is 8.44. The number of hydrogen-bond acceptors (Lipinski definition) is 6. The molecule has 4 aromatic rings. The highest BCUT2D eigenvalue weighted by molar-refractivity contribution is 8.00. The first-order chi connectivity index (χ1) is 13.2. The van der Waals surface area contributed by atoms with Crippen LogP contribution < -0.4 is 0 Å². The summed E-state index contributed by atoms with van der Waals surface area (Å²) < 4.78 is 6.33. The first kappa shape index (κ1) is 18.5. The standard InChI is InChI=1S/C19H13Cl2N3OS2/c20-14-7-6-13(16(21)8-14)10-26-19-22-15(11-27-19)9-17-23-18(24-25-17)12-4-2-1-3-5-12/h1-8,11H,9-10H2. The van der Waals surface area contributed by atoms with Gasteiger partial charge in [0.1, 0.15) is 4.34 Å². The third-order valence-corrected chi connectivity index (χ3v) is 6.43. The first-order valence-corrected chi connectivity index (χ1v) is 10.7. The van der Waals surface area contributed by atoms with Crippen LogP contribution in [-0.4, -0.2) is 15.1 Å². The Morgan fingerprint density at radius 1 is 1.04 bits per heavy atom. The van der Waals surface area contributed by atoms with Crippen LogP contribution in [0.1, 0.15) is 17.1 Å². The molecule has 2 aromatic heterocycles. The lowest BCUT2D eigenvalue weighted by atomic mass is 10.2. The molecule has 0 saturated carbocycles. The predicted molar refractivity (Wildman–Crippen MR) is 111 cm³/mol. The summed E-state index contributed by atoms with van der Waals surface area (Å²) in [5.74, 6) is 1.88. The fourth-order valence-electron chi connectivity index (χ4n) is 2.40. The van der Waals surface area contributed by atoms with Crippen molar-refractivity contribution >= 4 is 46.3 Å². The van der Waals surface area contributed by atoms with Gasteiger partial charge in [-0.1, -0.05) is 76.5 Å². The van der Waals surface area contributed by atoms with E-state index in [0.717, 1.165) is 26.9 Å². The average Bonchev–Trinajstić information content (AvgIpc) is 3.32. The van der Waals surface area contributed by atoms with Gasteiger partial charge >= 0.3 is 0 Å². The average molecular weight is 434 g/mol. The molecule has 27 heavy (non-hydrogen) atoms. The third-order valence-electron chi connectivity index (χ3n) is 3.73. The van der Waals surface area contributed by atoms with Gasteiger partial charge in [0.05, 0.1) is 12.1 Å². The maximum atomic E-state index is 6.22. The number of thioether (sulfide) groups is 1. The number of benzene rings is 2. The minimum absolute atomic E-state index is 0.512. The summed E-state index contributed by atoms with van der Waals surface area (Å²) in [4.78, 5) is 9.08. The zero-order chi connectivity index (χ0) is 18.6. The number of nitrogens with zero attached hydrogens (tertiary/aromatic N) is 3. The number of rotatable bonds is 6. The summed E-state index contributed by atoms with van der Waals surface area (Å²) in [5.41, 5.74) is 2.88. The number of thiazole rings is 1. The Morgan fingerprint density at radius 3 is 2.70 bits per heavy atom. The van der Waals surface area contributed by atoms with E-state index in [9.17, 15) is 0 Å². The Morgan fingerprint density at radius 2 is 1.89 bits per heavy atom. The zero-order valence-electron chi connectivity index (χ0n) is 13.9. The molecule has 0 N–H and O–H groups in total. The lowest BCUT2D eigenvalue weighted by molar-refractivity contribution is 0.385. The first-order valence-electron chi connectivity index (χ1n) is 8.06. The van der Waals surface area contributed by atoms with Crippen LogP contribution in [-0.2, 0) is 12.2 Å². The lowest BCUT2D eigenvalue weighted by Gasteiger charge is -2.02. The van der Waals surface area contributed by atoms with Gasteiger partial charge in [0, 0.05) is 26.7 Å². The SMILES string of the molecule is Clc1ccc(CSc2nc(Cc3nc(-c4ccccc4)no3)cs2)c(Cl)c1. The second-order valence-corrected chi connectivity index (χ2v) is 8.61. The molecule has 136 valence electrons. The molecule has 0 amide bonds. The Kier molecular flexibility index (Phi) is 5.78. The van der Waals surface area contributed by atoms with Gasteiger partial charge in [-0.15, -0.1) is 11.3 Å². The molecule has 4 rings (SSSR count). The van der Waals surface area contributed by atoms with Crippen molar-refractivity contribution in [2.45, 2.75) is 16.5 Å². The molecule has 0 aliphatic carbocycles. The van der Waals surface area contributed by atoms with Crippen molar-refractivity contribution in [3.8, 4) is 11.4 Å². The van der Waals surface area contributed by atoms with E-state index in [1.165, 1.54) is 0 Å². The fraction of sp³-hybridized carbons (Fsp3) is 0.105. The topological polar surface area (TPSA) is 51.8 Å². The summed E-state index contributed by atoms with van der Waals surface area (Å²) in [7, 11) is 0. The van der Waals surface area contributed by atoms with Crippen molar-refractivity contribution in [3.05, 3.63) is 81.1 Å². The molecule has 2 heterocycles. The van der Waals surface area contributed by atoms with Gasteiger partial charge < -0.3 is 4.52 Å². The van der Waals surface area contributed by atoms with Crippen LogP contribution in [0, 0.1) is 0 Å². The van der Waals surface area contributed by atoms with Crippen molar-refractivity contribution < 1.29 is 4.52 Å². The molecule has 0 fully saturated rings. The van der Waals surface area contributed by atoms with Crippen molar-refractivity contribution in [1.29, 1.82) is 0 Å². The molecule has 0 spiro atoms. The minimum Gasteiger partial charge on any atom is -0.339 e. The second-order valence-electron chi connectivity index (χ2n) is 5.68. The van der Waals surface area contributed by atoms with Gasteiger partial charge in [0.15, 0.2) is 0 Å². The molecule has 4 nitrogen and oxygen atoms in total. The Hall–Kier alpha value is -1.86. The normalized spacial score (nSPS) is 11.0.